The van der Waals surface area contributed by atoms with Gasteiger partial charge >= 0.3 is 0 Å². The highest BCUT2D eigenvalue weighted by Gasteiger charge is 2.09. The fourth-order valence-electron chi connectivity index (χ4n) is 1.59. The lowest BCUT2D eigenvalue weighted by Crippen LogP contribution is -2.02. The molecule has 16 heavy (non-hydrogen) atoms. The van der Waals surface area contributed by atoms with E-state index in [-0.39, 0.29) is 0 Å². The Hall–Kier alpha value is -1.26. The molecule has 0 atom stereocenters. The van der Waals surface area contributed by atoms with Crippen molar-refractivity contribution in [3.8, 4) is 10.7 Å². The molecule has 0 aliphatic rings. The van der Waals surface area contributed by atoms with Gasteiger partial charge in [0.2, 0.25) is 0 Å². The number of aromatic nitrogens is 2. The summed E-state index contributed by atoms with van der Waals surface area (Å²) in [6, 6.07) is 4.07. The van der Waals surface area contributed by atoms with Gasteiger partial charge in [-0.3, -0.25) is 4.98 Å². The van der Waals surface area contributed by atoms with Gasteiger partial charge in [-0.1, -0.05) is 13.0 Å². The van der Waals surface area contributed by atoms with Crippen molar-refractivity contribution in [1.82, 2.24) is 9.97 Å². The van der Waals surface area contributed by atoms with Crippen LogP contribution in [0.1, 0.15) is 18.2 Å². The number of rotatable bonds is 4. The molecule has 0 aliphatic heterocycles. The molecule has 0 unspecified atom stereocenters. The van der Waals surface area contributed by atoms with Gasteiger partial charge in [-0.25, -0.2) is 4.98 Å². The van der Waals surface area contributed by atoms with Gasteiger partial charge in [-0.15, -0.1) is 11.3 Å². The molecule has 84 valence electrons. The molecule has 0 radical (unpaired) electrons. The lowest BCUT2D eigenvalue weighted by molar-refractivity contribution is 0.935. The second-order valence-electron chi connectivity index (χ2n) is 3.55. The first-order valence-corrected chi connectivity index (χ1v) is 6.31. The van der Waals surface area contributed by atoms with Crippen LogP contribution in [0.2, 0.25) is 0 Å². The number of hydrogen-bond donors (Lipinski definition) is 1. The number of nitrogens with zero attached hydrogens (tertiary/aromatic N) is 2. The van der Waals surface area contributed by atoms with Crippen LogP contribution in [-0.4, -0.2) is 16.5 Å². The highest BCUT2D eigenvalue weighted by molar-refractivity contribution is 7.13. The minimum absolute atomic E-state index is 0.645. The van der Waals surface area contributed by atoms with Gasteiger partial charge in [0.15, 0.2) is 0 Å². The Morgan fingerprint density at radius 3 is 3.06 bits per heavy atom. The Balaban J connectivity index is 2.34. The molecule has 3 nitrogen and oxygen atoms in total. The highest BCUT2D eigenvalue weighted by Crippen LogP contribution is 2.25. The summed E-state index contributed by atoms with van der Waals surface area (Å²) in [7, 11) is 0. The molecular weight excluding hydrogens is 218 g/mol. The summed E-state index contributed by atoms with van der Waals surface area (Å²) in [6.45, 7) is 2.78. The summed E-state index contributed by atoms with van der Waals surface area (Å²) in [6.07, 6.45) is 3.64. The Morgan fingerprint density at radius 1 is 1.44 bits per heavy atom. The summed E-state index contributed by atoms with van der Waals surface area (Å²) < 4.78 is 0. The molecule has 0 amide bonds. The monoisotopic (exact) mass is 233 g/mol. The van der Waals surface area contributed by atoms with Crippen LogP contribution in [0.15, 0.2) is 23.7 Å². The van der Waals surface area contributed by atoms with Crippen LogP contribution in [0.25, 0.3) is 10.7 Å². The second-order valence-corrected chi connectivity index (χ2v) is 4.41. The molecule has 2 heterocycles. The van der Waals surface area contributed by atoms with E-state index in [9.17, 15) is 0 Å². The van der Waals surface area contributed by atoms with Gasteiger partial charge in [-0.2, -0.15) is 0 Å². The van der Waals surface area contributed by atoms with Gasteiger partial charge < -0.3 is 5.73 Å². The third-order valence-corrected chi connectivity index (χ3v) is 3.32. The minimum Gasteiger partial charge on any atom is -0.330 e. The average molecular weight is 233 g/mol. The zero-order valence-electron chi connectivity index (χ0n) is 9.31. The summed E-state index contributed by atoms with van der Waals surface area (Å²) in [4.78, 5) is 8.96. The Bertz CT molecular complexity index is 465. The third kappa shape index (κ3) is 2.28. The minimum atomic E-state index is 0.645. The predicted molar refractivity (Wildman–Crippen MR) is 67.5 cm³/mol. The maximum Gasteiger partial charge on any atom is 0.142 e. The molecule has 2 rings (SSSR count). The smallest absolute Gasteiger partial charge is 0.142 e. The van der Waals surface area contributed by atoms with E-state index in [1.54, 1.807) is 11.3 Å². The number of nitrogens with two attached hydrogens (primary N) is 1. The van der Waals surface area contributed by atoms with Crippen molar-refractivity contribution < 1.29 is 0 Å². The van der Waals surface area contributed by atoms with E-state index < -0.39 is 0 Å². The van der Waals surface area contributed by atoms with Crippen molar-refractivity contribution in [2.75, 3.05) is 6.54 Å². The Labute approximate surface area is 99.4 Å². The standard InChI is InChI=1S/C12H15N3S/c1-2-9-4-3-7-14-11(9)12-15-10(5-6-13)8-16-12/h3-4,7-8H,2,5-6,13H2,1H3. The molecule has 2 N–H and O–H groups in total. The second kappa shape index (κ2) is 5.18. The molecule has 4 heteroatoms. The van der Waals surface area contributed by atoms with Crippen molar-refractivity contribution in [3.63, 3.8) is 0 Å². The topological polar surface area (TPSA) is 51.8 Å². The Morgan fingerprint density at radius 2 is 2.31 bits per heavy atom. The van der Waals surface area contributed by atoms with Crippen LogP contribution in [0.4, 0.5) is 0 Å². The van der Waals surface area contributed by atoms with Crippen LogP contribution >= 0.6 is 11.3 Å². The normalized spacial score (nSPS) is 10.6. The maximum absolute atomic E-state index is 5.51. The summed E-state index contributed by atoms with van der Waals surface area (Å²) in [5.74, 6) is 0. The lowest BCUT2D eigenvalue weighted by Gasteiger charge is -2.02. The molecule has 2 aromatic rings. The maximum atomic E-state index is 5.51. The number of thiazole rings is 1. The van der Waals surface area contributed by atoms with E-state index in [0.717, 1.165) is 29.2 Å². The quantitative estimate of drug-likeness (QED) is 0.881. The van der Waals surface area contributed by atoms with E-state index in [2.05, 4.69) is 28.3 Å². The van der Waals surface area contributed by atoms with Gasteiger partial charge in [0.1, 0.15) is 10.7 Å². The van der Waals surface area contributed by atoms with E-state index in [1.807, 2.05) is 12.3 Å². The molecule has 0 spiro atoms. The average Bonchev–Trinajstić information content (AvgIpc) is 2.78. The third-order valence-electron chi connectivity index (χ3n) is 2.43. The van der Waals surface area contributed by atoms with E-state index >= 15 is 0 Å². The zero-order chi connectivity index (χ0) is 11.4. The molecule has 0 bridgehead atoms. The van der Waals surface area contributed by atoms with Crippen LogP contribution in [0.3, 0.4) is 0 Å². The van der Waals surface area contributed by atoms with Gasteiger partial charge in [0.25, 0.3) is 0 Å². The number of aryl methyl sites for hydroxylation is 1. The first kappa shape index (κ1) is 11.2. The molecule has 0 aromatic carbocycles. The SMILES string of the molecule is CCc1cccnc1-c1nc(CCN)cs1. The largest absolute Gasteiger partial charge is 0.330 e. The first-order valence-electron chi connectivity index (χ1n) is 5.44. The summed E-state index contributed by atoms with van der Waals surface area (Å²) >= 11 is 1.64. The lowest BCUT2D eigenvalue weighted by atomic mass is 10.1. The van der Waals surface area contributed by atoms with Gasteiger partial charge in [0, 0.05) is 18.0 Å². The molecule has 0 aliphatic carbocycles. The van der Waals surface area contributed by atoms with Gasteiger partial charge in [0.05, 0.1) is 5.69 Å². The Kier molecular flexibility index (Phi) is 3.64. The van der Waals surface area contributed by atoms with Crippen LogP contribution in [0.5, 0.6) is 0 Å². The van der Waals surface area contributed by atoms with Crippen molar-refractivity contribution in [1.29, 1.82) is 0 Å². The van der Waals surface area contributed by atoms with Gasteiger partial charge in [-0.05, 0) is 24.6 Å². The van der Waals surface area contributed by atoms with Crippen molar-refractivity contribution >= 4 is 11.3 Å². The van der Waals surface area contributed by atoms with E-state index in [4.69, 9.17) is 5.73 Å². The van der Waals surface area contributed by atoms with E-state index in [0.29, 0.717) is 6.54 Å². The first-order chi connectivity index (χ1) is 7.85. The highest BCUT2D eigenvalue weighted by atomic mass is 32.1. The van der Waals surface area contributed by atoms with Crippen molar-refractivity contribution in [3.05, 3.63) is 35.0 Å². The predicted octanol–water partition coefficient (Wildman–Crippen LogP) is 2.27. The summed E-state index contributed by atoms with van der Waals surface area (Å²) in [5, 5.41) is 3.07. The van der Waals surface area contributed by atoms with Crippen LogP contribution in [0, 0.1) is 0 Å². The van der Waals surface area contributed by atoms with Crippen molar-refractivity contribution in [2.45, 2.75) is 19.8 Å². The van der Waals surface area contributed by atoms with Crippen LogP contribution < -0.4 is 5.73 Å². The molecule has 2 aromatic heterocycles. The molecule has 0 saturated carbocycles. The van der Waals surface area contributed by atoms with Crippen molar-refractivity contribution in [2.24, 2.45) is 5.73 Å². The summed E-state index contributed by atoms with van der Waals surface area (Å²) in [5.41, 5.74) is 8.84. The fourth-order valence-corrected chi connectivity index (χ4v) is 2.48. The molecule has 0 fully saturated rings. The molecule has 0 saturated heterocycles. The zero-order valence-corrected chi connectivity index (χ0v) is 10.1. The number of pyridine rings is 1. The molecular formula is C12H15N3S. The fraction of sp³-hybridized carbons (Fsp3) is 0.333. The van der Waals surface area contributed by atoms with E-state index in [1.165, 1.54) is 5.56 Å². The number of hydrogen-bond acceptors (Lipinski definition) is 4. The van der Waals surface area contributed by atoms with Crippen LogP contribution in [-0.2, 0) is 12.8 Å².